The van der Waals surface area contributed by atoms with E-state index in [0.29, 0.717) is 6.54 Å². The van der Waals surface area contributed by atoms with Crippen molar-refractivity contribution < 1.29 is 18.3 Å². The maximum Gasteiger partial charge on any atom is 0.241 e. The Kier molecular flexibility index (Phi) is 7.08. The third-order valence-corrected chi connectivity index (χ3v) is 4.80. The molecule has 1 amide bonds. The van der Waals surface area contributed by atoms with Crippen LogP contribution in [0.5, 0.6) is 0 Å². The molecule has 1 heterocycles. The Morgan fingerprint density at radius 1 is 1.11 bits per heavy atom. The smallest absolute Gasteiger partial charge is 0.241 e. The van der Waals surface area contributed by atoms with E-state index in [-0.39, 0.29) is 11.6 Å². The second-order valence-electron chi connectivity index (χ2n) is 6.88. The number of rotatable bonds is 7. The molecule has 0 spiro atoms. The predicted molar refractivity (Wildman–Crippen MR) is 104 cm³/mol. The monoisotopic (exact) mass is 389 g/mol. The molecule has 3 rings (SSSR count). The zero-order valence-electron chi connectivity index (χ0n) is 15.9. The lowest BCUT2D eigenvalue weighted by molar-refractivity contribution is -0.117. The molecule has 5 nitrogen and oxygen atoms in total. The molecule has 1 atom stereocenters. The van der Waals surface area contributed by atoms with Crippen LogP contribution in [0.1, 0.15) is 18.1 Å². The fraction of sp³-hybridized carbons (Fsp3) is 0.381. The lowest BCUT2D eigenvalue weighted by atomic mass is 10.1. The van der Waals surface area contributed by atoms with Gasteiger partial charge in [-0.1, -0.05) is 24.3 Å². The Hall–Kier alpha value is -2.35. The number of amides is 1. The van der Waals surface area contributed by atoms with Gasteiger partial charge in [0.05, 0.1) is 19.3 Å². The van der Waals surface area contributed by atoms with Gasteiger partial charge >= 0.3 is 0 Å². The fourth-order valence-electron chi connectivity index (χ4n) is 3.06. The highest BCUT2D eigenvalue weighted by molar-refractivity contribution is 5.94. The van der Waals surface area contributed by atoms with E-state index in [2.05, 4.69) is 21.6 Å². The summed E-state index contributed by atoms with van der Waals surface area (Å²) in [5, 5.41) is 5.80. The van der Waals surface area contributed by atoms with E-state index in [1.165, 1.54) is 11.6 Å². The Bertz CT molecular complexity index is 810. The van der Waals surface area contributed by atoms with Gasteiger partial charge in [0.1, 0.15) is 0 Å². The lowest BCUT2D eigenvalue weighted by Crippen LogP contribution is -2.38. The number of anilines is 1. The highest BCUT2D eigenvalue weighted by Crippen LogP contribution is 2.15. The van der Waals surface area contributed by atoms with E-state index in [9.17, 15) is 13.6 Å². The summed E-state index contributed by atoms with van der Waals surface area (Å²) < 4.78 is 31.7. The van der Waals surface area contributed by atoms with Crippen LogP contribution < -0.4 is 10.6 Å². The summed E-state index contributed by atoms with van der Waals surface area (Å²) in [6, 6.07) is 10.9. The van der Waals surface area contributed by atoms with Crippen molar-refractivity contribution in [3.05, 3.63) is 65.2 Å². The molecule has 1 saturated heterocycles. The second-order valence-corrected chi connectivity index (χ2v) is 6.88. The summed E-state index contributed by atoms with van der Waals surface area (Å²) in [5.74, 6) is -2.24. The molecule has 7 heteroatoms. The number of halogens is 2. The summed E-state index contributed by atoms with van der Waals surface area (Å²) in [7, 11) is 0. The first kappa shape index (κ1) is 20.4. The molecule has 2 aromatic carbocycles. The largest absolute Gasteiger partial charge is 0.379 e. The van der Waals surface area contributed by atoms with Gasteiger partial charge in [-0.25, -0.2) is 8.78 Å². The zero-order chi connectivity index (χ0) is 19.9. The summed E-state index contributed by atoms with van der Waals surface area (Å²) in [4.78, 5) is 14.7. The van der Waals surface area contributed by atoms with Crippen molar-refractivity contribution in [2.75, 3.05) is 31.6 Å². The van der Waals surface area contributed by atoms with E-state index in [1.807, 2.05) is 18.2 Å². The molecule has 0 aliphatic carbocycles. The first-order valence-corrected chi connectivity index (χ1v) is 9.39. The van der Waals surface area contributed by atoms with Crippen molar-refractivity contribution >= 4 is 11.6 Å². The molecular weight excluding hydrogens is 364 g/mol. The van der Waals surface area contributed by atoms with Crippen LogP contribution in [0.25, 0.3) is 0 Å². The van der Waals surface area contributed by atoms with Crippen molar-refractivity contribution in [1.29, 1.82) is 0 Å². The molecule has 0 saturated carbocycles. The van der Waals surface area contributed by atoms with Crippen molar-refractivity contribution in [2.24, 2.45) is 0 Å². The van der Waals surface area contributed by atoms with Crippen LogP contribution in [-0.2, 0) is 22.6 Å². The molecule has 1 aliphatic heterocycles. The Balaban J connectivity index is 1.55. The molecule has 2 aromatic rings. The number of hydrogen-bond acceptors (Lipinski definition) is 4. The number of ether oxygens (including phenoxy) is 1. The minimum absolute atomic E-state index is 0.227. The van der Waals surface area contributed by atoms with Gasteiger partial charge in [-0.3, -0.25) is 9.69 Å². The molecule has 1 fully saturated rings. The number of nitrogens with one attached hydrogen (secondary N) is 2. The topological polar surface area (TPSA) is 53.6 Å². The van der Waals surface area contributed by atoms with Gasteiger partial charge < -0.3 is 15.4 Å². The number of carbonyl (C=O) groups is 1. The molecule has 150 valence electrons. The molecule has 1 aliphatic rings. The van der Waals surface area contributed by atoms with Crippen LogP contribution in [0.2, 0.25) is 0 Å². The third kappa shape index (κ3) is 5.58. The number of benzene rings is 2. The summed E-state index contributed by atoms with van der Waals surface area (Å²) in [5.41, 5.74) is 2.57. The van der Waals surface area contributed by atoms with Gasteiger partial charge in [0.15, 0.2) is 11.6 Å². The van der Waals surface area contributed by atoms with E-state index < -0.39 is 17.7 Å². The summed E-state index contributed by atoms with van der Waals surface area (Å²) in [6.07, 6.45) is 0. The maximum atomic E-state index is 13.3. The third-order valence-electron chi connectivity index (χ3n) is 4.80. The fourth-order valence-corrected chi connectivity index (χ4v) is 3.06. The SMILES string of the molecule is CC(NCc1ccccc1CN1CCOCC1)C(=O)Nc1ccc(F)c(F)c1. The average Bonchev–Trinajstić information content (AvgIpc) is 2.70. The number of carbonyl (C=O) groups excluding carboxylic acids is 1. The Labute approximate surface area is 163 Å². The number of hydrogen-bond donors (Lipinski definition) is 2. The van der Waals surface area contributed by atoms with Gasteiger partial charge in [-0.15, -0.1) is 0 Å². The first-order valence-electron chi connectivity index (χ1n) is 9.39. The van der Waals surface area contributed by atoms with E-state index in [1.54, 1.807) is 6.92 Å². The molecular formula is C21H25F2N3O2. The number of morpholine rings is 1. The van der Waals surface area contributed by atoms with Crippen LogP contribution in [0.3, 0.4) is 0 Å². The molecule has 28 heavy (non-hydrogen) atoms. The van der Waals surface area contributed by atoms with Crippen LogP contribution in [0.15, 0.2) is 42.5 Å². The maximum absolute atomic E-state index is 13.3. The van der Waals surface area contributed by atoms with E-state index in [4.69, 9.17) is 4.74 Å². The Morgan fingerprint density at radius 3 is 2.54 bits per heavy atom. The van der Waals surface area contributed by atoms with E-state index >= 15 is 0 Å². The minimum atomic E-state index is -0.990. The van der Waals surface area contributed by atoms with Crippen LogP contribution in [-0.4, -0.2) is 43.2 Å². The van der Waals surface area contributed by atoms with Crippen molar-refractivity contribution in [2.45, 2.75) is 26.1 Å². The van der Waals surface area contributed by atoms with E-state index in [0.717, 1.165) is 50.5 Å². The highest BCUT2D eigenvalue weighted by Gasteiger charge is 2.16. The zero-order valence-corrected chi connectivity index (χ0v) is 15.9. The van der Waals surface area contributed by atoms with Gasteiger partial charge in [0.2, 0.25) is 5.91 Å². The van der Waals surface area contributed by atoms with Gasteiger partial charge in [0, 0.05) is 37.9 Å². The molecule has 0 bridgehead atoms. The quantitative estimate of drug-likeness (QED) is 0.765. The van der Waals surface area contributed by atoms with Crippen molar-refractivity contribution in [1.82, 2.24) is 10.2 Å². The highest BCUT2D eigenvalue weighted by atomic mass is 19.2. The van der Waals surface area contributed by atoms with Crippen LogP contribution in [0.4, 0.5) is 14.5 Å². The van der Waals surface area contributed by atoms with Gasteiger partial charge in [-0.2, -0.15) is 0 Å². The van der Waals surface area contributed by atoms with Gasteiger partial charge in [0.25, 0.3) is 0 Å². The minimum Gasteiger partial charge on any atom is -0.379 e. The standard InChI is InChI=1S/C21H25F2N3O2/c1-15(21(27)25-18-6-7-19(22)20(23)12-18)24-13-16-4-2-3-5-17(16)14-26-8-10-28-11-9-26/h2-7,12,15,24H,8-11,13-14H2,1H3,(H,25,27). The predicted octanol–water partition coefficient (Wildman–Crippen LogP) is 2.91. The number of nitrogens with zero attached hydrogens (tertiary/aromatic N) is 1. The summed E-state index contributed by atoms with van der Waals surface area (Å²) in [6.45, 7) is 6.44. The second kappa shape index (κ2) is 9.73. The Morgan fingerprint density at radius 2 is 1.82 bits per heavy atom. The normalized spacial score (nSPS) is 16.0. The average molecular weight is 389 g/mol. The molecule has 2 N–H and O–H groups in total. The van der Waals surface area contributed by atoms with Crippen molar-refractivity contribution in [3.63, 3.8) is 0 Å². The van der Waals surface area contributed by atoms with Crippen LogP contribution >= 0.6 is 0 Å². The molecule has 0 radical (unpaired) electrons. The molecule has 0 aromatic heterocycles. The lowest BCUT2D eigenvalue weighted by Gasteiger charge is -2.27. The summed E-state index contributed by atoms with van der Waals surface area (Å²) >= 11 is 0. The van der Waals surface area contributed by atoms with Crippen molar-refractivity contribution in [3.8, 4) is 0 Å². The van der Waals surface area contributed by atoms with Crippen LogP contribution in [0, 0.1) is 11.6 Å². The van der Waals surface area contributed by atoms with Gasteiger partial charge in [-0.05, 0) is 30.2 Å². The first-order chi connectivity index (χ1) is 13.5. The molecule has 1 unspecified atom stereocenters.